The van der Waals surface area contributed by atoms with Gasteiger partial charge in [-0.15, -0.1) is 0 Å². The van der Waals surface area contributed by atoms with Crippen LogP contribution in [0.2, 0.25) is 0 Å². The highest BCUT2D eigenvalue weighted by molar-refractivity contribution is 5.60. The summed E-state index contributed by atoms with van der Waals surface area (Å²) >= 11 is 0. The molecule has 1 fully saturated rings. The van der Waals surface area contributed by atoms with Gasteiger partial charge in [-0.2, -0.15) is 0 Å². The van der Waals surface area contributed by atoms with Crippen molar-refractivity contribution in [1.29, 1.82) is 0 Å². The third kappa shape index (κ3) is 2.97. The van der Waals surface area contributed by atoms with Crippen molar-refractivity contribution in [3.63, 3.8) is 0 Å². The third-order valence-corrected chi connectivity index (χ3v) is 4.01. The summed E-state index contributed by atoms with van der Waals surface area (Å²) in [4.78, 5) is 24.3. The van der Waals surface area contributed by atoms with E-state index in [0.717, 1.165) is 11.0 Å². The lowest BCUT2D eigenvalue weighted by Crippen LogP contribution is -2.46. The molecule has 1 aliphatic rings. The summed E-state index contributed by atoms with van der Waals surface area (Å²) in [5.74, 6) is 0.367. The highest BCUT2D eigenvalue weighted by Crippen LogP contribution is 2.31. The summed E-state index contributed by atoms with van der Waals surface area (Å²) in [5, 5.41) is 13.0. The zero-order valence-corrected chi connectivity index (χ0v) is 12.8. The number of hydrogen-bond donors (Lipinski definition) is 3. The van der Waals surface area contributed by atoms with Crippen LogP contribution in [0, 0.1) is 5.92 Å². The lowest BCUT2D eigenvalue weighted by Gasteiger charge is -2.36. The van der Waals surface area contributed by atoms with Crippen molar-refractivity contribution in [2.45, 2.75) is 45.3 Å². The summed E-state index contributed by atoms with van der Waals surface area (Å²) < 4.78 is 2.45. The van der Waals surface area contributed by atoms with Gasteiger partial charge >= 0.3 is 5.69 Å². The van der Waals surface area contributed by atoms with E-state index < -0.39 is 16.9 Å². The van der Waals surface area contributed by atoms with E-state index in [9.17, 15) is 14.7 Å². The minimum Gasteiger partial charge on any atom is -0.388 e. The van der Waals surface area contributed by atoms with Gasteiger partial charge in [0.1, 0.15) is 11.5 Å². The van der Waals surface area contributed by atoms with Crippen LogP contribution in [-0.4, -0.2) is 26.4 Å². The number of anilines is 2. The highest BCUT2D eigenvalue weighted by atomic mass is 16.3. The van der Waals surface area contributed by atoms with Gasteiger partial charge in [0.15, 0.2) is 0 Å². The molecule has 0 radical (unpaired) electrons. The Bertz CT molecular complexity index is 641. The minimum atomic E-state index is -0.767. The molecule has 0 aromatic carbocycles. The molecule has 2 rings (SSSR count). The zero-order valence-electron chi connectivity index (χ0n) is 12.8. The molecule has 0 atom stereocenters. The third-order valence-electron chi connectivity index (χ3n) is 4.01. The van der Waals surface area contributed by atoms with Crippen LogP contribution in [0.1, 0.15) is 33.1 Å². The number of nitrogens with one attached hydrogen (secondary N) is 1. The lowest BCUT2D eigenvalue weighted by atomic mass is 9.80. The van der Waals surface area contributed by atoms with Crippen LogP contribution in [0.4, 0.5) is 11.5 Å². The predicted octanol–water partition coefficient (Wildman–Crippen LogP) is 0.112. The molecule has 7 heteroatoms. The molecule has 21 heavy (non-hydrogen) atoms. The molecule has 0 unspecified atom stereocenters. The van der Waals surface area contributed by atoms with Gasteiger partial charge in [0.2, 0.25) is 0 Å². The molecule has 0 bridgehead atoms. The topological polar surface area (TPSA) is 102 Å². The van der Waals surface area contributed by atoms with Crippen molar-refractivity contribution < 1.29 is 5.11 Å². The van der Waals surface area contributed by atoms with Crippen LogP contribution in [0.15, 0.2) is 9.59 Å². The fourth-order valence-corrected chi connectivity index (χ4v) is 2.51. The second-order valence-corrected chi connectivity index (χ2v) is 6.34. The van der Waals surface area contributed by atoms with Gasteiger partial charge in [0.05, 0.1) is 5.60 Å². The van der Waals surface area contributed by atoms with Crippen molar-refractivity contribution in [3.05, 3.63) is 20.8 Å². The quantitative estimate of drug-likeness (QED) is 0.716. The van der Waals surface area contributed by atoms with Crippen LogP contribution in [0.25, 0.3) is 0 Å². The lowest BCUT2D eigenvalue weighted by molar-refractivity contribution is -0.0202. The summed E-state index contributed by atoms with van der Waals surface area (Å²) in [6.45, 7) is 4.66. The summed E-state index contributed by atoms with van der Waals surface area (Å²) in [6.07, 6.45) is 2.41. The Balaban J connectivity index is 2.37. The van der Waals surface area contributed by atoms with Crippen LogP contribution in [-0.2, 0) is 13.6 Å². The van der Waals surface area contributed by atoms with Crippen molar-refractivity contribution in [1.82, 2.24) is 9.13 Å². The Morgan fingerprint density at radius 2 is 2.00 bits per heavy atom. The molecule has 1 aliphatic carbocycles. The van der Waals surface area contributed by atoms with Crippen molar-refractivity contribution in [3.8, 4) is 0 Å². The number of rotatable bonds is 5. The Kier molecular flexibility index (Phi) is 4.13. The largest absolute Gasteiger partial charge is 0.388 e. The predicted molar refractivity (Wildman–Crippen MR) is 82.5 cm³/mol. The van der Waals surface area contributed by atoms with Gasteiger partial charge < -0.3 is 16.2 Å². The first-order valence-electron chi connectivity index (χ1n) is 7.31. The molecule has 1 heterocycles. The van der Waals surface area contributed by atoms with E-state index in [1.807, 2.05) is 13.8 Å². The Morgan fingerprint density at radius 1 is 1.38 bits per heavy atom. The van der Waals surface area contributed by atoms with E-state index in [1.54, 1.807) is 0 Å². The first-order chi connectivity index (χ1) is 9.75. The normalized spacial score (nSPS) is 16.8. The smallest absolute Gasteiger partial charge is 0.332 e. The molecule has 0 amide bonds. The van der Waals surface area contributed by atoms with E-state index in [-0.39, 0.29) is 24.0 Å². The Hall–Kier alpha value is -1.76. The summed E-state index contributed by atoms with van der Waals surface area (Å²) in [7, 11) is 1.43. The molecule has 1 aromatic rings. The molecule has 0 aliphatic heterocycles. The van der Waals surface area contributed by atoms with Gasteiger partial charge in [-0.3, -0.25) is 13.9 Å². The highest BCUT2D eigenvalue weighted by Gasteiger charge is 2.34. The first-order valence-corrected chi connectivity index (χ1v) is 7.31. The standard InChI is InChI=1S/C14H24N4O3/c1-9(2)7-18-11(15)10(12(19)17(3)13(18)20)16-8-14(21)5-4-6-14/h9,16,21H,4-8,15H2,1-3H3. The number of hydrogen-bond acceptors (Lipinski definition) is 5. The van der Waals surface area contributed by atoms with Crippen molar-refractivity contribution in [2.75, 3.05) is 17.6 Å². The van der Waals surface area contributed by atoms with E-state index in [1.165, 1.54) is 11.6 Å². The molecule has 1 aromatic heterocycles. The van der Waals surface area contributed by atoms with Crippen LogP contribution in [0.3, 0.4) is 0 Å². The van der Waals surface area contributed by atoms with Crippen LogP contribution >= 0.6 is 0 Å². The molecule has 0 spiro atoms. The van der Waals surface area contributed by atoms with E-state index in [2.05, 4.69) is 5.32 Å². The monoisotopic (exact) mass is 296 g/mol. The van der Waals surface area contributed by atoms with E-state index in [0.29, 0.717) is 19.4 Å². The molecule has 4 N–H and O–H groups in total. The number of aromatic nitrogens is 2. The summed E-state index contributed by atoms with van der Waals surface area (Å²) in [5.41, 5.74) is 4.55. The number of nitrogen functional groups attached to an aromatic ring is 1. The second kappa shape index (κ2) is 5.55. The van der Waals surface area contributed by atoms with Crippen molar-refractivity contribution >= 4 is 11.5 Å². The van der Waals surface area contributed by atoms with Gasteiger partial charge in [-0.05, 0) is 25.2 Å². The van der Waals surface area contributed by atoms with E-state index in [4.69, 9.17) is 5.73 Å². The van der Waals surface area contributed by atoms with Gasteiger partial charge in [-0.25, -0.2) is 4.79 Å². The Labute approximate surface area is 123 Å². The summed E-state index contributed by atoms with van der Waals surface area (Å²) in [6, 6.07) is 0. The molecular weight excluding hydrogens is 272 g/mol. The number of aliphatic hydroxyl groups is 1. The average Bonchev–Trinajstić information content (AvgIpc) is 2.39. The molecule has 1 saturated carbocycles. The molecule has 0 saturated heterocycles. The van der Waals surface area contributed by atoms with Gasteiger partial charge in [-0.1, -0.05) is 13.8 Å². The van der Waals surface area contributed by atoms with E-state index >= 15 is 0 Å². The fourth-order valence-electron chi connectivity index (χ4n) is 2.51. The zero-order chi connectivity index (χ0) is 15.8. The van der Waals surface area contributed by atoms with Crippen molar-refractivity contribution in [2.24, 2.45) is 13.0 Å². The first kappa shape index (κ1) is 15.6. The van der Waals surface area contributed by atoms with Gasteiger partial charge in [0.25, 0.3) is 5.56 Å². The maximum Gasteiger partial charge on any atom is 0.332 e. The minimum absolute atomic E-state index is 0.139. The molecular formula is C14H24N4O3. The van der Waals surface area contributed by atoms with Crippen LogP contribution in [0.5, 0.6) is 0 Å². The molecule has 7 nitrogen and oxygen atoms in total. The maximum absolute atomic E-state index is 12.2. The average molecular weight is 296 g/mol. The SMILES string of the molecule is CC(C)Cn1c(N)c(NCC2(O)CCC2)c(=O)n(C)c1=O. The van der Waals surface area contributed by atoms with Gasteiger partial charge in [0, 0.05) is 20.1 Å². The number of nitrogens with two attached hydrogens (primary N) is 1. The maximum atomic E-state index is 12.2. The number of nitrogens with zero attached hydrogens (tertiary/aromatic N) is 2. The molecule has 118 valence electrons. The Morgan fingerprint density at radius 3 is 2.48 bits per heavy atom. The van der Waals surface area contributed by atoms with Crippen LogP contribution < -0.4 is 22.3 Å². The second-order valence-electron chi connectivity index (χ2n) is 6.34. The fraction of sp³-hybridized carbons (Fsp3) is 0.714.